The summed E-state index contributed by atoms with van der Waals surface area (Å²) in [5.41, 5.74) is 4.80. The maximum absolute atomic E-state index is 9.76. The van der Waals surface area contributed by atoms with Gasteiger partial charge in [-0.05, 0) is 54.2 Å². The molecular weight excluding hydrogens is 258 g/mol. The number of hydrogen-bond donors (Lipinski definition) is 1. The van der Waals surface area contributed by atoms with Crippen LogP contribution in [0.3, 0.4) is 0 Å². The normalized spacial score (nSPS) is 27.4. The molecule has 2 atom stereocenters. The zero-order valence-electron chi connectivity index (χ0n) is 13.7. The molecule has 1 aromatic rings. The Morgan fingerprint density at radius 3 is 2.38 bits per heavy atom. The van der Waals surface area contributed by atoms with E-state index in [1.807, 2.05) is 0 Å². The molecule has 0 amide bonds. The van der Waals surface area contributed by atoms with Crippen molar-refractivity contribution < 1.29 is 5.11 Å². The average molecular weight is 287 g/mol. The Morgan fingerprint density at radius 2 is 1.76 bits per heavy atom. The van der Waals surface area contributed by atoms with Crippen LogP contribution in [-0.2, 0) is 18.3 Å². The molecular formula is C19H29NO. The molecule has 2 nitrogen and oxygen atoms in total. The second kappa shape index (κ2) is 5.73. The number of fused-ring (bicyclic) bond motifs is 1. The van der Waals surface area contributed by atoms with Crippen LogP contribution in [0.5, 0.6) is 0 Å². The summed E-state index contributed by atoms with van der Waals surface area (Å²) >= 11 is 0. The van der Waals surface area contributed by atoms with Crippen molar-refractivity contribution in [2.45, 2.75) is 70.4 Å². The van der Waals surface area contributed by atoms with Crippen molar-refractivity contribution in [2.75, 3.05) is 13.1 Å². The van der Waals surface area contributed by atoms with Gasteiger partial charge in [0.25, 0.3) is 0 Å². The number of benzene rings is 1. The van der Waals surface area contributed by atoms with Crippen LogP contribution in [0.4, 0.5) is 0 Å². The van der Waals surface area contributed by atoms with E-state index >= 15 is 0 Å². The quantitative estimate of drug-likeness (QED) is 0.801. The lowest BCUT2D eigenvalue weighted by molar-refractivity contribution is 0.153. The molecule has 116 valence electrons. The molecule has 0 bridgehead atoms. The zero-order valence-corrected chi connectivity index (χ0v) is 13.7. The van der Waals surface area contributed by atoms with Crippen LogP contribution >= 0.6 is 0 Å². The summed E-state index contributed by atoms with van der Waals surface area (Å²) in [6.45, 7) is 8.84. The van der Waals surface area contributed by atoms with Crippen LogP contribution in [0.2, 0.25) is 0 Å². The number of aryl methyl sites for hydroxylation is 2. The Balaban J connectivity index is 1.74. The predicted octanol–water partition coefficient (Wildman–Crippen LogP) is 3.30. The average Bonchev–Trinajstić information content (AvgIpc) is 2.73. The van der Waals surface area contributed by atoms with Crippen molar-refractivity contribution in [1.29, 1.82) is 0 Å². The first-order chi connectivity index (χ1) is 9.93. The van der Waals surface area contributed by atoms with E-state index in [4.69, 9.17) is 0 Å². The van der Waals surface area contributed by atoms with Crippen LogP contribution in [0, 0.1) is 0 Å². The van der Waals surface area contributed by atoms with Gasteiger partial charge >= 0.3 is 0 Å². The molecule has 1 saturated heterocycles. The van der Waals surface area contributed by atoms with Crippen LogP contribution in [0.15, 0.2) is 18.2 Å². The van der Waals surface area contributed by atoms with Gasteiger partial charge in [0, 0.05) is 19.1 Å². The molecule has 1 fully saturated rings. The fraction of sp³-hybridized carbons (Fsp3) is 0.684. The maximum Gasteiger partial charge on any atom is 0.0679 e. The fourth-order valence-electron chi connectivity index (χ4n) is 3.82. The Bertz CT molecular complexity index is 503. The lowest BCUT2D eigenvalue weighted by Crippen LogP contribution is -2.34. The first-order valence-corrected chi connectivity index (χ1v) is 8.48. The van der Waals surface area contributed by atoms with E-state index in [9.17, 15) is 5.11 Å². The molecule has 1 aromatic carbocycles. The van der Waals surface area contributed by atoms with Crippen molar-refractivity contribution >= 4 is 0 Å². The highest BCUT2D eigenvalue weighted by molar-refractivity contribution is 5.36. The highest BCUT2D eigenvalue weighted by Gasteiger charge is 2.28. The summed E-state index contributed by atoms with van der Waals surface area (Å²) in [5, 5.41) is 9.76. The fourth-order valence-corrected chi connectivity index (χ4v) is 3.82. The third-order valence-corrected chi connectivity index (χ3v) is 5.28. The summed E-state index contributed by atoms with van der Waals surface area (Å²) in [5.74, 6) is 0. The Morgan fingerprint density at radius 1 is 1.05 bits per heavy atom. The van der Waals surface area contributed by atoms with Crippen LogP contribution in [0.25, 0.3) is 0 Å². The van der Waals surface area contributed by atoms with Gasteiger partial charge in [-0.25, -0.2) is 0 Å². The van der Waals surface area contributed by atoms with E-state index in [1.54, 1.807) is 11.1 Å². The van der Waals surface area contributed by atoms with Crippen molar-refractivity contribution in [1.82, 2.24) is 4.90 Å². The molecule has 0 aromatic heterocycles. The minimum Gasteiger partial charge on any atom is -0.392 e. The SMILES string of the molecule is CC(C)(C)c1ccc2c(c1)CCC(N1CC[C@@H](O)C1)CC2. The van der Waals surface area contributed by atoms with Crippen molar-refractivity contribution in [3.8, 4) is 0 Å². The van der Waals surface area contributed by atoms with E-state index in [2.05, 4.69) is 43.9 Å². The molecule has 21 heavy (non-hydrogen) atoms. The van der Waals surface area contributed by atoms with Crippen molar-refractivity contribution in [3.63, 3.8) is 0 Å². The van der Waals surface area contributed by atoms with Gasteiger partial charge in [0.2, 0.25) is 0 Å². The van der Waals surface area contributed by atoms with Gasteiger partial charge in [-0.3, -0.25) is 4.90 Å². The smallest absolute Gasteiger partial charge is 0.0679 e. The molecule has 1 heterocycles. The third kappa shape index (κ3) is 3.32. The standard InChI is InChI=1S/C19H29NO/c1-19(2,3)16-7-4-14-5-8-17(9-6-15(14)12-16)20-11-10-18(21)13-20/h4,7,12,17-18,21H,5-6,8-11,13H2,1-3H3/t17?,18-/m1/s1. The minimum atomic E-state index is -0.0943. The molecule has 0 radical (unpaired) electrons. The van der Waals surface area contributed by atoms with Crippen LogP contribution < -0.4 is 0 Å². The second-order valence-corrected chi connectivity index (χ2v) is 7.90. The van der Waals surface area contributed by atoms with Crippen LogP contribution in [0.1, 0.15) is 56.7 Å². The Hall–Kier alpha value is -0.860. The molecule has 3 rings (SSSR count). The van der Waals surface area contributed by atoms with Crippen LogP contribution in [-0.4, -0.2) is 35.2 Å². The van der Waals surface area contributed by atoms with E-state index in [0.717, 1.165) is 19.5 Å². The Kier molecular flexibility index (Phi) is 4.11. The van der Waals surface area contributed by atoms with E-state index < -0.39 is 0 Å². The number of nitrogens with zero attached hydrogens (tertiary/aromatic N) is 1. The maximum atomic E-state index is 9.76. The molecule has 2 aliphatic rings. The molecule has 0 saturated carbocycles. The summed E-state index contributed by atoms with van der Waals surface area (Å²) in [6.07, 6.45) is 5.73. The summed E-state index contributed by atoms with van der Waals surface area (Å²) in [4.78, 5) is 2.52. The van der Waals surface area contributed by atoms with E-state index in [1.165, 1.54) is 31.2 Å². The lowest BCUT2D eigenvalue weighted by Gasteiger charge is -2.26. The summed E-state index contributed by atoms with van der Waals surface area (Å²) < 4.78 is 0. The van der Waals surface area contributed by atoms with Crippen molar-refractivity contribution in [2.24, 2.45) is 0 Å². The topological polar surface area (TPSA) is 23.5 Å². The predicted molar refractivity (Wildman–Crippen MR) is 87.8 cm³/mol. The summed E-state index contributed by atoms with van der Waals surface area (Å²) in [6, 6.07) is 7.78. The largest absolute Gasteiger partial charge is 0.392 e. The Labute approximate surface area is 129 Å². The van der Waals surface area contributed by atoms with E-state index in [-0.39, 0.29) is 11.5 Å². The molecule has 1 aliphatic carbocycles. The molecule has 0 spiro atoms. The summed E-state index contributed by atoms with van der Waals surface area (Å²) in [7, 11) is 0. The monoisotopic (exact) mass is 287 g/mol. The van der Waals surface area contributed by atoms with Gasteiger partial charge in [-0.1, -0.05) is 39.0 Å². The number of rotatable bonds is 1. The minimum absolute atomic E-state index is 0.0943. The van der Waals surface area contributed by atoms with Gasteiger partial charge in [-0.15, -0.1) is 0 Å². The van der Waals surface area contributed by atoms with Gasteiger partial charge in [0.1, 0.15) is 0 Å². The molecule has 1 unspecified atom stereocenters. The third-order valence-electron chi connectivity index (χ3n) is 5.28. The number of likely N-dealkylation sites (tertiary alicyclic amines) is 1. The lowest BCUT2D eigenvalue weighted by atomic mass is 9.84. The van der Waals surface area contributed by atoms with Gasteiger partial charge in [-0.2, -0.15) is 0 Å². The molecule has 1 aliphatic heterocycles. The molecule has 2 heteroatoms. The van der Waals surface area contributed by atoms with E-state index in [0.29, 0.717) is 6.04 Å². The first kappa shape index (κ1) is 15.1. The number of aliphatic hydroxyl groups is 1. The first-order valence-electron chi connectivity index (χ1n) is 8.48. The zero-order chi connectivity index (χ0) is 15.0. The molecule has 1 N–H and O–H groups in total. The second-order valence-electron chi connectivity index (χ2n) is 7.90. The number of β-amino-alcohol motifs (C(OH)–C–C–N with tert-alkyl or cyclic N) is 1. The van der Waals surface area contributed by atoms with Gasteiger partial charge < -0.3 is 5.11 Å². The van der Waals surface area contributed by atoms with Gasteiger partial charge in [0.15, 0.2) is 0 Å². The van der Waals surface area contributed by atoms with Crippen molar-refractivity contribution in [3.05, 3.63) is 34.9 Å². The number of hydrogen-bond acceptors (Lipinski definition) is 2. The number of aliphatic hydroxyl groups excluding tert-OH is 1. The van der Waals surface area contributed by atoms with Gasteiger partial charge in [0.05, 0.1) is 6.10 Å². The highest BCUT2D eigenvalue weighted by Crippen LogP contribution is 2.30. The highest BCUT2D eigenvalue weighted by atomic mass is 16.3.